The Hall–Kier alpha value is -2.60. The van der Waals surface area contributed by atoms with Crippen molar-refractivity contribution in [1.82, 2.24) is 19.7 Å². The van der Waals surface area contributed by atoms with Crippen LogP contribution in [-0.4, -0.2) is 32.4 Å². The predicted octanol–water partition coefficient (Wildman–Crippen LogP) is 3.81. The SMILES string of the molecule is Cc1ccc(-n2nccc2OCC(C)Nc2ncnc(C)c2Cl)cc1. The van der Waals surface area contributed by atoms with E-state index in [0.29, 0.717) is 23.3 Å². The van der Waals surface area contributed by atoms with E-state index in [1.54, 1.807) is 10.9 Å². The van der Waals surface area contributed by atoms with Crippen molar-refractivity contribution in [3.8, 4) is 11.6 Å². The van der Waals surface area contributed by atoms with Gasteiger partial charge in [-0.3, -0.25) is 0 Å². The van der Waals surface area contributed by atoms with Crippen molar-refractivity contribution < 1.29 is 4.74 Å². The third kappa shape index (κ3) is 4.09. The van der Waals surface area contributed by atoms with Gasteiger partial charge in [0.2, 0.25) is 5.88 Å². The van der Waals surface area contributed by atoms with Gasteiger partial charge in [0.25, 0.3) is 0 Å². The summed E-state index contributed by atoms with van der Waals surface area (Å²) in [4.78, 5) is 8.23. The number of ether oxygens (including phenoxy) is 1. The summed E-state index contributed by atoms with van der Waals surface area (Å²) in [5, 5.41) is 8.10. The second-order valence-corrected chi connectivity index (χ2v) is 6.27. The molecule has 130 valence electrons. The van der Waals surface area contributed by atoms with Crippen LogP contribution in [0.1, 0.15) is 18.2 Å². The molecule has 2 heterocycles. The number of benzene rings is 1. The lowest BCUT2D eigenvalue weighted by atomic mass is 10.2. The summed E-state index contributed by atoms with van der Waals surface area (Å²) in [7, 11) is 0. The van der Waals surface area contributed by atoms with Gasteiger partial charge in [0.15, 0.2) is 0 Å². The molecule has 25 heavy (non-hydrogen) atoms. The molecular formula is C18H20ClN5O. The Morgan fingerprint density at radius 2 is 1.92 bits per heavy atom. The van der Waals surface area contributed by atoms with Gasteiger partial charge in [-0.1, -0.05) is 29.3 Å². The van der Waals surface area contributed by atoms with Crippen LogP contribution in [0.3, 0.4) is 0 Å². The van der Waals surface area contributed by atoms with E-state index >= 15 is 0 Å². The third-order valence-corrected chi connectivity index (χ3v) is 4.17. The average Bonchev–Trinajstić information content (AvgIpc) is 3.06. The van der Waals surface area contributed by atoms with Crippen LogP contribution in [0.4, 0.5) is 5.82 Å². The second kappa shape index (κ2) is 7.53. The molecule has 1 atom stereocenters. The lowest BCUT2D eigenvalue weighted by Gasteiger charge is -2.17. The summed E-state index contributed by atoms with van der Waals surface area (Å²) < 4.78 is 7.69. The first-order valence-electron chi connectivity index (χ1n) is 8.02. The van der Waals surface area contributed by atoms with E-state index in [0.717, 1.165) is 11.4 Å². The Morgan fingerprint density at radius 1 is 1.16 bits per heavy atom. The van der Waals surface area contributed by atoms with Gasteiger partial charge < -0.3 is 10.1 Å². The number of nitrogens with zero attached hydrogens (tertiary/aromatic N) is 4. The molecule has 0 radical (unpaired) electrons. The van der Waals surface area contributed by atoms with E-state index < -0.39 is 0 Å². The van der Waals surface area contributed by atoms with Gasteiger partial charge in [0, 0.05) is 6.07 Å². The smallest absolute Gasteiger partial charge is 0.216 e. The van der Waals surface area contributed by atoms with Gasteiger partial charge in [-0.05, 0) is 32.9 Å². The molecule has 0 aliphatic rings. The van der Waals surface area contributed by atoms with Crippen LogP contribution in [0.15, 0.2) is 42.9 Å². The topological polar surface area (TPSA) is 64.9 Å². The second-order valence-electron chi connectivity index (χ2n) is 5.89. The standard InChI is InChI=1S/C18H20ClN5O/c1-12-4-6-15(7-5-12)24-16(8-9-22-24)25-10-13(2)23-18-17(19)14(3)20-11-21-18/h4-9,11,13H,10H2,1-3H3,(H,20,21,23). The minimum Gasteiger partial charge on any atom is -0.475 e. The first-order chi connectivity index (χ1) is 12.0. The van der Waals surface area contributed by atoms with Crippen molar-refractivity contribution in [2.45, 2.75) is 26.8 Å². The Morgan fingerprint density at radius 3 is 2.68 bits per heavy atom. The maximum atomic E-state index is 6.21. The van der Waals surface area contributed by atoms with E-state index in [4.69, 9.17) is 16.3 Å². The van der Waals surface area contributed by atoms with Gasteiger partial charge in [0.1, 0.15) is 23.8 Å². The maximum Gasteiger partial charge on any atom is 0.216 e. The van der Waals surface area contributed by atoms with Crippen LogP contribution < -0.4 is 10.1 Å². The number of hydrogen-bond acceptors (Lipinski definition) is 5. The van der Waals surface area contributed by atoms with Gasteiger partial charge in [-0.2, -0.15) is 5.10 Å². The summed E-state index contributed by atoms with van der Waals surface area (Å²) in [6.45, 7) is 6.34. The molecule has 0 saturated heterocycles. The summed E-state index contributed by atoms with van der Waals surface area (Å²) in [6, 6.07) is 9.97. The van der Waals surface area contributed by atoms with E-state index in [1.165, 1.54) is 11.9 Å². The summed E-state index contributed by atoms with van der Waals surface area (Å²) in [5.41, 5.74) is 2.90. The molecule has 0 aliphatic carbocycles. The molecule has 1 aromatic carbocycles. The zero-order chi connectivity index (χ0) is 17.8. The zero-order valence-electron chi connectivity index (χ0n) is 14.4. The molecule has 1 unspecified atom stereocenters. The monoisotopic (exact) mass is 357 g/mol. The molecule has 7 heteroatoms. The highest BCUT2D eigenvalue weighted by atomic mass is 35.5. The van der Waals surface area contributed by atoms with E-state index in [1.807, 2.05) is 44.2 Å². The Bertz CT molecular complexity index is 847. The highest BCUT2D eigenvalue weighted by Crippen LogP contribution is 2.22. The molecule has 0 spiro atoms. The zero-order valence-corrected chi connectivity index (χ0v) is 15.2. The van der Waals surface area contributed by atoms with E-state index in [9.17, 15) is 0 Å². The molecule has 3 aromatic rings. The minimum atomic E-state index is 0.00756. The molecule has 6 nitrogen and oxygen atoms in total. The minimum absolute atomic E-state index is 0.00756. The van der Waals surface area contributed by atoms with Crippen LogP contribution in [0, 0.1) is 13.8 Å². The van der Waals surface area contributed by atoms with Crippen molar-refractivity contribution >= 4 is 17.4 Å². The lowest BCUT2D eigenvalue weighted by molar-refractivity contribution is 0.284. The van der Waals surface area contributed by atoms with Gasteiger partial charge >= 0.3 is 0 Å². The molecule has 0 fully saturated rings. The van der Waals surface area contributed by atoms with Gasteiger partial charge in [-0.15, -0.1) is 0 Å². The third-order valence-electron chi connectivity index (χ3n) is 3.71. The van der Waals surface area contributed by atoms with Crippen LogP contribution >= 0.6 is 11.6 Å². The Labute approximate surface area is 151 Å². The number of halogens is 1. The molecule has 0 saturated carbocycles. The Balaban J connectivity index is 1.65. The highest BCUT2D eigenvalue weighted by Gasteiger charge is 2.12. The summed E-state index contributed by atoms with van der Waals surface area (Å²) in [5.74, 6) is 1.29. The highest BCUT2D eigenvalue weighted by molar-refractivity contribution is 6.33. The van der Waals surface area contributed by atoms with Crippen molar-refractivity contribution in [3.63, 3.8) is 0 Å². The average molecular weight is 358 g/mol. The number of hydrogen-bond donors (Lipinski definition) is 1. The lowest BCUT2D eigenvalue weighted by Crippen LogP contribution is -2.25. The number of rotatable bonds is 6. The van der Waals surface area contributed by atoms with Crippen LogP contribution in [0.5, 0.6) is 5.88 Å². The van der Waals surface area contributed by atoms with E-state index in [-0.39, 0.29) is 6.04 Å². The molecule has 0 bridgehead atoms. The van der Waals surface area contributed by atoms with Crippen LogP contribution in [-0.2, 0) is 0 Å². The summed E-state index contributed by atoms with van der Waals surface area (Å²) >= 11 is 6.21. The normalized spacial score (nSPS) is 12.0. The van der Waals surface area contributed by atoms with Crippen molar-refractivity contribution in [1.29, 1.82) is 0 Å². The molecule has 3 rings (SSSR count). The predicted molar refractivity (Wildman–Crippen MR) is 98.7 cm³/mol. The maximum absolute atomic E-state index is 6.21. The first kappa shape index (κ1) is 17.2. The molecular weight excluding hydrogens is 338 g/mol. The van der Waals surface area contributed by atoms with Gasteiger partial charge in [-0.25, -0.2) is 14.6 Å². The first-order valence-corrected chi connectivity index (χ1v) is 8.40. The Kier molecular flexibility index (Phi) is 5.19. The largest absolute Gasteiger partial charge is 0.475 e. The van der Waals surface area contributed by atoms with Gasteiger partial charge in [0.05, 0.1) is 23.6 Å². The molecule has 0 amide bonds. The quantitative estimate of drug-likeness (QED) is 0.726. The number of aromatic nitrogens is 4. The van der Waals surface area contributed by atoms with Crippen molar-refractivity contribution in [2.75, 3.05) is 11.9 Å². The van der Waals surface area contributed by atoms with Crippen LogP contribution in [0.25, 0.3) is 5.69 Å². The fraction of sp³-hybridized carbons (Fsp3) is 0.278. The van der Waals surface area contributed by atoms with E-state index in [2.05, 4.69) is 27.3 Å². The van der Waals surface area contributed by atoms with Crippen molar-refractivity contribution in [2.24, 2.45) is 0 Å². The van der Waals surface area contributed by atoms with Crippen LogP contribution in [0.2, 0.25) is 5.02 Å². The number of nitrogens with one attached hydrogen (secondary N) is 1. The molecule has 0 aliphatic heterocycles. The summed E-state index contributed by atoms with van der Waals surface area (Å²) in [6.07, 6.45) is 3.21. The van der Waals surface area contributed by atoms with Crippen molar-refractivity contribution in [3.05, 3.63) is 59.1 Å². The fourth-order valence-electron chi connectivity index (χ4n) is 2.32. The molecule has 1 N–H and O–H groups in total. The molecule has 2 aromatic heterocycles. The number of anilines is 1. The fourth-order valence-corrected chi connectivity index (χ4v) is 2.48. The number of aryl methyl sites for hydroxylation is 2.